The molecule has 3 aromatic heterocycles. The molecule has 10 nitrogen and oxygen atoms in total. The van der Waals surface area contributed by atoms with Crippen molar-refractivity contribution in [1.29, 1.82) is 0 Å². The Morgan fingerprint density at radius 2 is 2.03 bits per heavy atom. The Bertz CT molecular complexity index is 1240. The Kier molecular flexibility index (Phi) is 4.20. The van der Waals surface area contributed by atoms with Crippen LogP contribution in [0.15, 0.2) is 30.3 Å². The van der Waals surface area contributed by atoms with Crippen LogP contribution in [0.25, 0.3) is 33.8 Å². The van der Waals surface area contributed by atoms with Crippen molar-refractivity contribution in [1.82, 2.24) is 35.6 Å². The van der Waals surface area contributed by atoms with Gasteiger partial charge >= 0.3 is 0 Å². The molecule has 11 heteroatoms. The molecule has 158 valence electrons. The SMILES string of the molecule is C[C@]12OCC[C@H]1OCC2Oc1nc2nc(-c3ccc(-c4nnn[nH]4)cc3)c(Cl)cc2[nH]1. The molecule has 1 unspecified atom stereocenters. The van der Waals surface area contributed by atoms with Crippen LogP contribution in [0.1, 0.15) is 13.3 Å². The van der Waals surface area contributed by atoms with Crippen LogP contribution in [0.2, 0.25) is 5.02 Å². The Balaban J connectivity index is 1.29. The van der Waals surface area contributed by atoms with Gasteiger partial charge in [-0.05, 0) is 29.8 Å². The van der Waals surface area contributed by atoms with Gasteiger partial charge in [-0.3, -0.25) is 0 Å². The number of tetrazole rings is 1. The van der Waals surface area contributed by atoms with Gasteiger partial charge in [0.05, 0.1) is 35.6 Å². The molecule has 1 aromatic carbocycles. The van der Waals surface area contributed by atoms with E-state index in [0.29, 0.717) is 46.9 Å². The second-order valence-corrected chi connectivity index (χ2v) is 8.22. The van der Waals surface area contributed by atoms with Gasteiger partial charge in [-0.15, -0.1) is 5.10 Å². The zero-order valence-corrected chi connectivity index (χ0v) is 17.3. The number of benzene rings is 1. The summed E-state index contributed by atoms with van der Waals surface area (Å²) in [6.45, 7) is 3.16. The summed E-state index contributed by atoms with van der Waals surface area (Å²) >= 11 is 6.52. The lowest BCUT2D eigenvalue weighted by atomic mass is 9.96. The van der Waals surface area contributed by atoms with Gasteiger partial charge in [-0.1, -0.05) is 35.9 Å². The minimum atomic E-state index is -0.462. The van der Waals surface area contributed by atoms with Crippen LogP contribution in [0.3, 0.4) is 0 Å². The number of hydrogen-bond acceptors (Lipinski definition) is 8. The number of aromatic nitrogens is 7. The Morgan fingerprint density at radius 1 is 1.19 bits per heavy atom. The van der Waals surface area contributed by atoms with Gasteiger partial charge in [0.1, 0.15) is 5.60 Å². The second-order valence-electron chi connectivity index (χ2n) is 7.81. The number of nitrogens with zero attached hydrogens (tertiary/aromatic N) is 5. The predicted octanol–water partition coefficient (Wildman–Crippen LogP) is 2.78. The van der Waals surface area contributed by atoms with Crippen LogP contribution in [-0.4, -0.2) is 66.6 Å². The monoisotopic (exact) mass is 439 g/mol. The van der Waals surface area contributed by atoms with Crippen molar-refractivity contribution in [2.75, 3.05) is 13.2 Å². The number of aromatic amines is 2. The van der Waals surface area contributed by atoms with E-state index in [-0.39, 0.29) is 12.2 Å². The number of rotatable bonds is 4. The lowest BCUT2D eigenvalue weighted by Gasteiger charge is -2.27. The number of imidazole rings is 1. The van der Waals surface area contributed by atoms with Gasteiger partial charge in [-0.25, -0.2) is 10.1 Å². The summed E-state index contributed by atoms with van der Waals surface area (Å²) in [4.78, 5) is 12.3. The van der Waals surface area contributed by atoms with Crippen molar-refractivity contribution < 1.29 is 14.2 Å². The van der Waals surface area contributed by atoms with Crippen LogP contribution in [0, 0.1) is 0 Å². The van der Waals surface area contributed by atoms with Crippen molar-refractivity contribution in [2.24, 2.45) is 0 Å². The first-order valence-electron chi connectivity index (χ1n) is 9.93. The largest absolute Gasteiger partial charge is 0.456 e. The lowest BCUT2D eigenvalue weighted by Crippen LogP contribution is -2.45. The number of ether oxygens (including phenoxy) is 3. The van der Waals surface area contributed by atoms with Gasteiger partial charge in [0, 0.05) is 11.1 Å². The standard InChI is InChI=1S/C20H18ClN7O3/c1-20-14(6-7-30-20)29-9-15(20)31-19-22-13-8-12(21)16(23-18(13)24-19)10-2-4-11(5-3-10)17-25-27-28-26-17/h2-5,8,14-15H,6-7,9H2,1H3,(H,22,23,24)(H,25,26,27,28)/t14-,15?,20+/m1/s1. The molecule has 0 amide bonds. The quantitative estimate of drug-likeness (QED) is 0.497. The molecule has 6 rings (SSSR count). The smallest absolute Gasteiger partial charge is 0.296 e. The number of halogens is 1. The second kappa shape index (κ2) is 6.98. The summed E-state index contributed by atoms with van der Waals surface area (Å²) in [5.41, 5.74) is 3.10. The minimum Gasteiger partial charge on any atom is -0.456 e. The molecular formula is C20H18ClN7O3. The number of H-pyrrole nitrogens is 2. The summed E-state index contributed by atoms with van der Waals surface area (Å²) in [5, 5.41) is 14.3. The molecule has 0 radical (unpaired) electrons. The summed E-state index contributed by atoms with van der Waals surface area (Å²) in [5.74, 6) is 0.591. The van der Waals surface area contributed by atoms with E-state index in [1.807, 2.05) is 31.2 Å². The van der Waals surface area contributed by atoms with Crippen molar-refractivity contribution in [3.8, 4) is 28.7 Å². The van der Waals surface area contributed by atoms with E-state index in [4.69, 9.17) is 25.8 Å². The number of pyridine rings is 1. The fraction of sp³-hybridized carbons (Fsp3) is 0.350. The van der Waals surface area contributed by atoms with Gasteiger partial charge < -0.3 is 19.2 Å². The number of fused-ring (bicyclic) bond motifs is 2. The summed E-state index contributed by atoms with van der Waals surface area (Å²) < 4.78 is 17.8. The zero-order chi connectivity index (χ0) is 21.0. The maximum atomic E-state index is 6.52. The van der Waals surface area contributed by atoms with Crippen LogP contribution < -0.4 is 4.74 Å². The molecule has 0 spiro atoms. The van der Waals surface area contributed by atoms with E-state index < -0.39 is 5.60 Å². The third-order valence-corrected chi connectivity index (χ3v) is 6.24. The molecule has 0 bridgehead atoms. The molecule has 4 aromatic rings. The summed E-state index contributed by atoms with van der Waals surface area (Å²) in [6.07, 6.45) is 0.688. The topological polar surface area (TPSA) is 124 Å². The van der Waals surface area contributed by atoms with E-state index in [2.05, 4.69) is 35.6 Å². The van der Waals surface area contributed by atoms with Gasteiger partial charge in [-0.2, -0.15) is 4.98 Å². The maximum Gasteiger partial charge on any atom is 0.296 e. The highest BCUT2D eigenvalue weighted by Crippen LogP contribution is 2.39. The van der Waals surface area contributed by atoms with Gasteiger partial charge in [0.15, 0.2) is 17.6 Å². The lowest BCUT2D eigenvalue weighted by molar-refractivity contribution is -0.0551. The van der Waals surface area contributed by atoms with Gasteiger partial charge in [0.25, 0.3) is 6.01 Å². The van der Waals surface area contributed by atoms with Crippen LogP contribution >= 0.6 is 11.6 Å². The Labute approximate surface area is 181 Å². The van der Waals surface area contributed by atoms with E-state index in [1.54, 1.807) is 6.07 Å². The average Bonchev–Trinajstić information content (AvgIpc) is 3.54. The Morgan fingerprint density at radius 3 is 2.84 bits per heavy atom. The maximum absolute atomic E-state index is 6.52. The molecule has 0 aliphatic carbocycles. The van der Waals surface area contributed by atoms with Crippen LogP contribution in [-0.2, 0) is 9.47 Å². The van der Waals surface area contributed by atoms with E-state index in [0.717, 1.165) is 17.5 Å². The normalized spacial score (nSPS) is 25.2. The predicted molar refractivity (Wildman–Crippen MR) is 111 cm³/mol. The highest BCUT2D eigenvalue weighted by atomic mass is 35.5. The van der Waals surface area contributed by atoms with Crippen molar-refractivity contribution in [2.45, 2.75) is 31.2 Å². The number of hydrogen-bond donors (Lipinski definition) is 2. The molecule has 2 saturated heterocycles. The van der Waals surface area contributed by atoms with E-state index in [9.17, 15) is 0 Å². The fourth-order valence-corrected chi connectivity index (χ4v) is 4.45. The molecule has 2 aliphatic heterocycles. The first-order chi connectivity index (χ1) is 15.1. The van der Waals surface area contributed by atoms with E-state index >= 15 is 0 Å². The number of nitrogens with one attached hydrogen (secondary N) is 2. The molecule has 5 heterocycles. The molecule has 0 saturated carbocycles. The van der Waals surface area contributed by atoms with Crippen molar-refractivity contribution in [3.05, 3.63) is 35.4 Å². The first kappa shape index (κ1) is 18.7. The van der Waals surface area contributed by atoms with Gasteiger partial charge in [0.2, 0.25) is 0 Å². The third kappa shape index (κ3) is 3.06. The van der Waals surface area contributed by atoms with E-state index in [1.165, 1.54) is 0 Å². The summed E-state index contributed by atoms with van der Waals surface area (Å²) in [6, 6.07) is 9.80. The minimum absolute atomic E-state index is 0.0526. The Hall–Kier alpha value is -3.08. The zero-order valence-electron chi connectivity index (χ0n) is 16.5. The molecule has 3 atom stereocenters. The first-order valence-corrected chi connectivity index (χ1v) is 10.3. The molecule has 2 N–H and O–H groups in total. The molecular weight excluding hydrogens is 422 g/mol. The third-order valence-electron chi connectivity index (χ3n) is 5.96. The van der Waals surface area contributed by atoms with Crippen molar-refractivity contribution in [3.63, 3.8) is 0 Å². The average molecular weight is 440 g/mol. The van der Waals surface area contributed by atoms with Crippen LogP contribution in [0.5, 0.6) is 6.01 Å². The fourth-order valence-electron chi connectivity index (χ4n) is 4.19. The van der Waals surface area contributed by atoms with Crippen LogP contribution in [0.4, 0.5) is 0 Å². The van der Waals surface area contributed by atoms with Crippen molar-refractivity contribution >= 4 is 22.8 Å². The molecule has 2 fully saturated rings. The molecule has 31 heavy (non-hydrogen) atoms. The highest BCUT2D eigenvalue weighted by molar-refractivity contribution is 6.33. The highest BCUT2D eigenvalue weighted by Gasteiger charge is 2.54. The molecule has 2 aliphatic rings. The summed E-state index contributed by atoms with van der Waals surface area (Å²) in [7, 11) is 0.